The highest BCUT2D eigenvalue weighted by Gasteiger charge is 2.18. The molecule has 2 aromatic heterocycles. The first-order valence-corrected chi connectivity index (χ1v) is 11.3. The summed E-state index contributed by atoms with van der Waals surface area (Å²) in [7, 11) is 0. The topological polar surface area (TPSA) is 87.8 Å². The van der Waals surface area contributed by atoms with E-state index >= 15 is 0 Å². The summed E-state index contributed by atoms with van der Waals surface area (Å²) in [6, 6.07) is 17.2. The third kappa shape index (κ3) is 4.92. The van der Waals surface area contributed by atoms with Crippen molar-refractivity contribution in [1.82, 2.24) is 9.55 Å². The second kappa shape index (κ2) is 10.0. The highest BCUT2D eigenvalue weighted by molar-refractivity contribution is 7.07. The van der Waals surface area contributed by atoms with Crippen LogP contribution in [0.2, 0.25) is 10.0 Å². The highest BCUT2D eigenvalue weighted by Crippen LogP contribution is 2.20. The molecular weight excluding hydrogens is 498 g/mol. The van der Waals surface area contributed by atoms with Crippen LogP contribution in [0.15, 0.2) is 71.7 Å². The molecule has 0 aliphatic carbocycles. The van der Waals surface area contributed by atoms with Gasteiger partial charge >= 0.3 is 0 Å². The molecule has 6 nitrogen and oxygen atoms in total. The van der Waals surface area contributed by atoms with Crippen molar-refractivity contribution < 1.29 is 9.18 Å². The zero-order chi connectivity index (χ0) is 24.2. The van der Waals surface area contributed by atoms with Crippen molar-refractivity contribution in [2.45, 2.75) is 0 Å². The number of halogens is 3. The number of rotatable bonds is 4. The van der Waals surface area contributed by atoms with Crippen LogP contribution < -0.4 is 20.1 Å². The zero-order valence-corrected chi connectivity index (χ0v) is 19.5. The molecule has 0 aliphatic heterocycles. The number of nitrogens with one attached hydrogen (secondary N) is 1. The number of carbonyl (C=O) groups is 1. The molecule has 0 saturated carbocycles. The van der Waals surface area contributed by atoms with E-state index in [2.05, 4.69) is 10.3 Å². The van der Waals surface area contributed by atoms with E-state index in [-0.39, 0.29) is 25.5 Å². The van der Waals surface area contributed by atoms with Gasteiger partial charge in [-0.15, -0.1) is 11.3 Å². The van der Waals surface area contributed by atoms with Crippen molar-refractivity contribution in [3.63, 3.8) is 0 Å². The van der Waals surface area contributed by atoms with E-state index in [0.29, 0.717) is 16.4 Å². The lowest BCUT2D eigenvalue weighted by molar-refractivity contribution is -0.111. The Labute approximate surface area is 206 Å². The van der Waals surface area contributed by atoms with E-state index in [0.717, 1.165) is 17.4 Å². The first kappa shape index (κ1) is 23.4. The molecule has 0 unspecified atom stereocenters. The molecule has 0 fully saturated rings. The molecule has 2 heterocycles. The van der Waals surface area contributed by atoms with Gasteiger partial charge in [-0.1, -0.05) is 29.3 Å². The second-order valence-corrected chi connectivity index (χ2v) is 8.73. The standard InChI is InChI=1S/C24H13Cl2FN4O2S/c25-14-4-7-17(8-5-14)31-23(33)21(12-15-3-1-2-10-29-15)34-24(31)18(13-28)22(32)30-16-6-9-20(27)19(26)11-16/h1-12H,(H,30,32)/b21-12+,24-18-. The number of hydrogen-bond acceptors (Lipinski definition) is 5. The lowest BCUT2D eigenvalue weighted by Crippen LogP contribution is -2.32. The number of nitriles is 1. The molecule has 10 heteroatoms. The zero-order valence-electron chi connectivity index (χ0n) is 17.1. The Hall–Kier alpha value is -3.77. The summed E-state index contributed by atoms with van der Waals surface area (Å²) in [4.78, 5) is 30.5. The van der Waals surface area contributed by atoms with Crippen LogP contribution in [0, 0.1) is 17.1 Å². The summed E-state index contributed by atoms with van der Waals surface area (Å²) >= 11 is 12.7. The van der Waals surface area contributed by atoms with Crippen molar-refractivity contribution >= 4 is 57.8 Å². The molecule has 0 aliphatic rings. The van der Waals surface area contributed by atoms with E-state index < -0.39 is 17.3 Å². The van der Waals surface area contributed by atoms with Crippen molar-refractivity contribution in [1.29, 1.82) is 5.26 Å². The molecule has 1 N–H and O–H groups in total. The third-order valence-electron chi connectivity index (χ3n) is 4.61. The Bertz CT molecular complexity index is 1610. The van der Waals surface area contributed by atoms with Crippen LogP contribution >= 0.6 is 34.5 Å². The minimum Gasteiger partial charge on any atom is -0.321 e. The van der Waals surface area contributed by atoms with E-state index in [4.69, 9.17) is 23.2 Å². The monoisotopic (exact) mass is 510 g/mol. The smallest absolute Gasteiger partial charge is 0.273 e. The van der Waals surface area contributed by atoms with Crippen LogP contribution in [-0.4, -0.2) is 15.5 Å². The number of thiazole rings is 1. The van der Waals surface area contributed by atoms with Gasteiger partial charge in [0.15, 0.2) is 5.57 Å². The van der Waals surface area contributed by atoms with Crippen LogP contribution in [0.25, 0.3) is 17.3 Å². The van der Waals surface area contributed by atoms with Gasteiger partial charge in [-0.05, 0) is 60.7 Å². The van der Waals surface area contributed by atoms with Crippen molar-refractivity contribution in [2.75, 3.05) is 5.32 Å². The van der Waals surface area contributed by atoms with E-state index in [1.54, 1.807) is 54.7 Å². The van der Waals surface area contributed by atoms with Gasteiger partial charge in [0.05, 0.1) is 20.9 Å². The fraction of sp³-hybridized carbons (Fsp3) is 0. The lowest BCUT2D eigenvalue weighted by atomic mass is 10.2. The molecule has 2 aromatic carbocycles. The van der Waals surface area contributed by atoms with Gasteiger partial charge in [0.25, 0.3) is 11.5 Å². The predicted molar refractivity (Wildman–Crippen MR) is 131 cm³/mol. The summed E-state index contributed by atoms with van der Waals surface area (Å²) < 4.78 is 15.1. The molecule has 34 heavy (non-hydrogen) atoms. The fourth-order valence-corrected chi connectivity index (χ4v) is 4.43. The number of benzene rings is 2. The molecular formula is C24H13Cl2FN4O2S. The Morgan fingerprint density at radius 1 is 1.15 bits per heavy atom. The molecule has 0 atom stereocenters. The lowest BCUT2D eigenvalue weighted by Gasteiger charge is -2.06. The minimum absolute atomic E-state index is 0.114. The molecule has 1 amide bonds. The average molecular weight is 511 g/mol. The summed E-state index contributed by atoms with van der Waals surface area (Å²) in [5.41, 5.74) is 0.421. The third-order valence-corrected chi connectivity index (χ3v) is 6.24. The molecule has 4 aromatic rings. The van der Waals surface area contributed by atoms with Gasteiger partial charge in [-0.3, -0.25) is 19.1 Å². The maximum atomic E-state index is 13.5. The second-order valence-electron chi connectivity index (χ2n) is 6.86. The van der Waals surface area contributed by atoms with E-state index in [1.807, 2.05) is 6.07 Å². The largest absolute Gasteiger partial charge is 0.321 e. The van der Waals surface area contributed by atoms with Gasteiger partial charge < -0.3 is 5.32 Å². The number of hydrogen-bond donors (Lipinski definition) is 1. The molecule has 0 saturated heterocycles. The maximum Gasteiger partial charge on any atom is 0.273 e. The minimum atomic E-state index is -0.779. The number of pyridine rings is 1. The van der Waals surface area contributed by atoms with Crippen LogP contribution in [0.1, 0.15) is 5.69 Å². The SMILES string of the molecule is N#C/C(C(=O)Nc1ccc(F)c(Cl)c1)=c1/s/c(=C/c2ccccn2)c(=O)n1-c1ccc(Cl)cc1. The Morgan fingerprint density at radius 2 is 1.91 bits per heavy atom. The number of aromatic nitrogens is 2. The Balaban J connectivity index is 1.94. The van der Waals surface area contributed by atoms with Crippen molar-refractivity contribution in [2.24, 2.45) is 0 Å². The van der Waals surface area contributed by atoms with Crippen molar-refractivity contribution in [3.05, 3.63) is 108 Å². The quantitative estimate of drug-likeness (QED) is 0.451. The van der Waals surface area contributed by atoms with Crippen LogP contribution in [0.3, 0.4) is 0 Å². The van der Waals surface area contributed by atoms with E-state index in [1.165, 1.54) is 16.7 Å². The first-order chi connectivity index (χ1) is 16.4. The van der Waals surface area contributed by atoms with Crippen LogP contribution in [0.4, 0.5) is 10.1 Å². The van der Waals surface area contributed by atoms with Gasteiger partial charge in [0.1, 0.15) is 16.5 Å². The maximum absolute atomic E-state index is 13.5. The van der Waals surface area contributed by atoms with Gasteiger partial charge in [0, 0.05) is 16.9 Å². The molecule has 168 valence electrons. The molecule has 0 bridgehead atoms. The summed E-state index contributed by atoms with van der Waals surface area (Å²) in [6.07, 6.45) is 3.17. The fourth-order valence-electron chi connectivity index (χ4n) is 3.03. The average Bonchev–Trinajstić information content (AvgIpc) is 3.13. The van der Waals surface area contributed by atoms with Crippen LogP contribution in [-0.2, 0) is 4.79 Å². The van der Waals surface area contributed by atoms with E-state index in [9.17, 15) is 19.2 Å². The predicted octanol–water partition coefficient (Wildman–Crippen LogP) is 3.88. The number of carbonyl (C=O) groups excluding carboxylic acids is 1. The van der Waals surface area contributed by atoms with Crippen molar-refractivity contribution in [3.8, 4) is 11.8 Å². The van der Waals surface area contributed by atoms with Gasteiger partial charge in [-0.25, -0.2) is 4.39 Å². The highest BCUT2D eigenvalue weighted by atomic mass is 35.5. The number of nitrogens with zero attached hydrogens (tertiary/aromatic N) is 3. The Morgan fingerprint density at radius 3 is 2.56 bits per heavy atom. The summed E-state index contributed by atoms with van der Waals surface area (Å²) in [5.74, 6) is -1.42. The number of amides is 1. The molecule has 0 radical (unpaired) electrons. The number of anilines is 1. The molecule has 0 spiro atoms. The van der Waals surface area contributed by atoms with Gasteiger partial charge in [0.2, 0.25) is 0 Å². The summed E-state index contributed by atoms with van der Waals surface area (Å²) in [5, 5.41) is 12.6. The van der Waals surface area contributed by atoms with Gasteiger partial charge in [-0.2, -0.15) is 5.26 Å². The normalized spacial score (nSPS) is 12.2. The van der Waals surface area contributed by atoms with Crippen LogP contribution in [0.5, 0.6) is 0 Å². The first-order valence-electron chi connectivity index (χ1n) is 9.69. The summed E-state index contributed by atoms with van der Waals surface area (Å²) in [6.45, 7) is 0. The molecule has 4 rings (SSSR count). The Kier molecular flexibility index (Phi) is 6.89.